The highest BCUT2D eigenvalue weighted by Crippen LogP contribution is 2.05. The van der Waals surface area contributed by atoms with E-state index in [2.05, 4.69) is 20.2 Å². The number of nitrogens with one attached hydrogen (secondary N) is 1. The smallest absolute Gasteiger partial charge is 0.305 e. The molecule has 2 heterocycles. The van der Waals surface area contributed by atoms with E-state index in [4.69, 9.17) is 0 Å². The van der Waals surface area contributed by atoms with Crippen LogP contribution in [0.2, 0.25) is 0 Å². The van der Waals surface area contributed by atoms with Crippen LogP contribution in [0.25, 0.3) is 10.9 Å². The van der Waals surface area contributed by atoms with Gasteiger partial charge >= 0.3 is 5.69 Å². The van der Waals surface area contributed by atoms with Crippen molar-refractivity contribution in [3.63, 3.8) is 0 Å². The molecule has 0 fully saturated rings. The van der Waals surface area contributed by atoms with Gasteiger partial charge in [0, 0.05) is 24.0 Å². The van der Waals surface area contributed by atoms with Crippen LogP contribution in [0, 0.1) is 0 Å². The molecule has 5 nitrogen and oxygen atoms in total. The van der Waals surface area contributed by atoms with Gasteiger partial charge in [0.05, 0.1) is 5.52 Å². The van der Waals surface area contributed by atoms with E-state index >= 15 is 0 Å². The molecule has 3 rings (SSSR count). The summed E-state index contributed by atoms with van der Waals surface area (Å²) >= 11 is 0. The zero-order valence-corrected chi connectivity index (χ0v) is 8.95. The van der Waals surface area contributed by atoms with E-state index in [0.29, 0.717) is 0 Å². The summed E-state index contributed by atoms with van der Waals surface area (Å²) in [6, 6.07) is 11.2. The van der Waals surface area contributed by atoms with Gasteiger partial charge in [0.1, 0.15) is 0 Å². The normalized spacial score (nSPS) is 9.41. The molecule has 0 saturated heterocycles. The van der Waals surface area contributed by atoms with Gasteiger partial charge < -0.3 is 4.98 Å². The number of para-hydroxylation sites is 1. The van der Waals surface area contributed by atoms with E-state index in [9.17, 15) is 4.79 Å². The molecule has 0 atom stereocenters. The van der Waals surface area contributed by atoms with Crippen LogP contribution >= 0.6 is 0 Å². The van der Waals surface area contributed by atoms with Crippen molar-refractivity contribution in [2.24, 2.45) is 0 Å². The largest absolute Gasteiger partial charge is 0.345 e. The molecule has 1 N–H and O–H groups in total. The van der Waals surface area contributed by atoms with E-state index in [0.717, 1.165) is 10.9 Å². The van der Waals surface area contributed by atoms with Crippen LogP contribution in [0.1, 0.15) is 0 Å². The molecule has 84 valence electrons. The fraction of sp³-hybridized carbons (Fsp3) is 0. The van der Waals surface area contributed by atoms with Crippen LogP contribution in [0.3, 0.4) is 0 Å². The van der Waals surface area contributed by atoms with Crippen LogP contribution < -0.4 is 5.69 Å². The minimum absolute atomic E-state index is 0.302. The number of benzene rings is 1. The number of nitrogens with zero attached hydrogens (tertiary/aromatic N) is 3. The van der Waals surface area contributed by atoms with E-state index in [1.165, 1.54) is 0 Å². The first-order valence-electron chi connectivity index (χ1n) is 5.02. The molecule has 3 aromatic rings. The van der Waals surface area contributed by atoms with Gasteiger partial charge in [-0.25, -0.2) is 9.78 Å². The Labute approximate surface area is 97.2 Å². The lowest BCUT2D eigenvalue weighted by molar-refractivity contribution is 1.03. The molecule has 5 heteroatoms. The van der Waals surface area contributed by atoms with Gasteiger partial charge in [-0.05, 0) is 18.2 Å². The lowest BCUT2D eigenvalue weighted by atomic mass is 10.2. The van der Waals surface area contributed by atoms with Gasteiger partial charge in [0.15, 0.2) is 0 Å². The highest BCUT2D eigenvalue weighted by atomic mass is 16.1. The zero-order chi connectivity index (χ0) is 11.9. The number of aromatic amines is 1. The average Bonchev–Trinajstić information content (AvgIpc) is 2.41. The topological polar surface area (TPSA) is 71.5 Å². The summed E-state index contributed by atoms with van der Waals surface area (Å²) in [6.45, 7) is 0. The molecule has 0 spiro atoms. The Morgan fingerprint density at radius 1 is 0.941 bits per heavy atom. The summed E-state index contributed by atoms with van der Waals surface area (Å²) in [5.41, 5.74) is 0.524. The lowest BCUT2D eigenvalue weighted by Gasteiger charge is -1.92. The SMILES string of the molecule is O=c1ncc2ccccc2[nH]1.c1ccnnc1. The van der Waals surface area contributed by atoms with Crippen molar-refractivity contribution in [3.05, 3.63) is 65.5 Å². The summed E-state index contributed by atoms with van der Waals surface area (Å²) in [7, 11) is 0. The summed E-state index contributed by atoms with van der Waals surface area (Å²) in [4.78, 5) is 16.9. The monoisotopic (exact) mass is 226 g/mol. The molecular formula is C12H10N4O. The van der Waals surface area contributed by atoms with Gasteiger partial charge in [-0.2, -0.15) is 10.2 Å². The first-order valence-corrected chi connectivity index (χ1v) is 5.02. The summed E-state index contributed by atoms with van der Waals surface area (Å²) < 4.78 is 0. The Hall–Kier alpha value is -2.56. The number of hydrogen-bond donors (Lipinski definition) is 1. The second-order valence-electron chi connectivity index (χ2n) is 3.19. The van der Waals surface area contributed by atoms with Crippen LogP contribution in [0.5, 0.6) is 0 Å². The molecular weight excluding hydrogens is 216 g/mol. The summed E-state index contributed by atoms with van der Waals surface area (Å²) in [6.07, 6.45) is 4.84. The van der Waals surface area contributed by atoms with E-state index in [1.807, 2.05) is 36.4 Å². The minimum atomic E-state index is -0.302. The van der Waals surface area contributed by atoms with Crippen LogP contribution in [0.4, 0.5) is 0 Å². The maximum atomic E-state index is 10.7. The standard InChI is InChI=1S/C8H6N2O.C4H4N2/c11-8-9-5-6-3-1-2-4-7(6)10-8;1-2-4-6-5-3-1/h1-5H,(H,9,10,11);1-4H. The van der Waals surface area contributed by atoms with Crippen LogP contribution in [-0.4, -0.2) is 20.2 Å². The number of rotatable bonds is 0. The number of hydrogen-bond acceptors (Lipinski definition) is 4. The Kier molecular flexibility index (Phi) is 3.54. The average molecular weight is 226 g/mol. The number of fused-ring (bicyclic) bond motifs is 1. The Bertz CT molecular complexity index is 610. The van der Waals surface area contributed by atoms with E-state index in [-0.39, 0.29) is 5.69 Å². The third kappa shape index (κ3) is 3.20. The second kappa shape index (κ2) is 5.50. The van der Waals surface area contributed by atoms with Crippen molar-refractivity contribution in [1.29, 1.82) is 0 Å². The maximum Gasteiger partial charge on any atom is 0.345 e. The fourth-order valence-corrected chi connectivity index (χ4v) is 1.25. The molecule has 2 aromatic heterocycles. The first-order chi connectivity index (χ1) is 8.36. The number of H-pyrrole nitrogens is 1. The van der Waals surface area contributed by atoms with Gasteiger partial charge in [0.2, 0.25) is 0 Å². The Morgan fingerprint density at radius 2 is 1.65 bits per heavy atom. The second-order valence-corrected chi connectivity index (χ2v) is 3.19. The molecule has 0 saturated carbocycles. The maximum absolute atomic E-state index is 10.7. The molecule has 0 aliphatic heterocycles. The van der Waals surface area contributed by atoms with Gasteiger partial charge in [-0.15, -0.1) is 0 Å². The molecule has 0 amide bonds. The molecule has 0 bridgehead atoms. The molecule has 1 aromatic carbocycles. The minimum Gasteiger partial charge on any atom is -0.305 e. The quantitative estimate of drug-likeness (QED) is 0.629. The highest BCUT2D eigenvalue weighted by molar-refractivity contribution is 5.76. The molecule has 0 unspecified atom stereocenters. The fourth-order valence-electron chi connectivity index (χ4n) is 1.25. The molecule has 17 heavy (non-hydrogen) atoms. The van der Waals surface area contributed by atoms with Crippen LogP contribution in [0.15, 0.2) is 59.8 Å². The van der Waals surface area contributed by atoms with Crippen molar-refractivity contribution in [3.8, 4) is 0 Å². The summed E-state index contributed by atoms with van der Waals surface area (Å²) in [5, 5.41) is 8.02. The van der Waals surface area contributed by atoms with Gasteiger partial charge in [-0.1, -0.05) is 18.2 Å². The number of aromatic nitrogens is 4. The van der Waals surface area contributed by atoms with Gasteiger partial charge in [0.25, 0.3) is 0 Å². The highest BCUT2D eigenvalue weighted by Gasteiger charge is 1.90. The van der Waals surface area contributed by atoms with Crippen molar-refractivity contribution < 1.29 is 0 Å². The predicted molar refractivity (Wildman–Crippen MR) is 64.4 cm³/mol. The van der Waals surface area contributed by atoms with Crippen molar-refractivity contribution in [1.82, 2.24) is 20.2 Å². The third-order valence-corrected chi connectivity index (χ3v) is 2.01. The molecule has 0 aliphatic carbocycles. The molecule has 0 radical (unpaired) electrons. The lowest BCUT2D eigenvalue weighted by Crippen LogP contribution is -2.07. The Morgan fingerprint density at radius 3 is 2.29 bits per heavy atom. The first kappa shape index (κ1) is 10.9. The van der Waals surface area contributed by atoms with Gasteiger partial charge in [-0.3, -0.25) is 0 Å². The Balaban J connectivity index is 0.000000153. The van der Waals surface area contributed by atoms with Crippen LogP contribution in [-0.2, 0) is 0 Å². The zero-order valence-electron chi connectivity index (χ0n) is 8.95. The van der Waals surface area contributed by atoms with Crippen molar-refractivity contribution in [2.75, 3.05) is 0 Å². The van der Waals surface area contributed by atoms with E-state index < -0.39 is 0 Å². The third-order valence-electron chi connectivity index (χ3n) is 2.01. The molecule has 0 aliphatic rings. The predicted octanol–water partition coefficient (Wildman–Crippen LogP) is 1.40. The van der Waals surface area contributed by atoms with Crippen molar-refractivity contribution >= 4 is 10.9 Å². The van der Waals surface area contributed by atoms with E-state index in [1.54, 1.807) is 18.6 Å². The van der Waals surface area contributed by atoms with Crippen molar-refractivity contribution in [2.45, 2.75) is 0 Å². The summed E-state index contributed by atoms with van der Waals surface area (Å²) in [5.74, 6) is 0.